The van der Waals surface area contributed by atoms with Gasteiger partial charge in [-0.3, -0.25) is 4.68 Å². The standard InChI is InChI=1S/C12H10F4N2O/c13-10(14)5-18-4-8(3-17-18)9-2-1-7(6-19)11(15)12(9)16/h1-4,10,19H,5-6H2. The molecule has 2 aromatic rings. The zero-order valence-corrected chi connectivity index (χ0v) is 9.65. The van der Waals surface area contributed by atoms with Gasteiger partial charge < -0.3 is 5.11 Å². The smallest absolute Gasteiger partial charge is 0.257 e. The molecule has 0 saturated heterocycles. The average molecular weight is 274 g/mol. The molecule has 1 aromatic heterocycles. The lowest BCUT2D eigenvalue weighted by Crippen LogP contribution is -2.06. The van der Waals surface area contributed by atoms with E-state index in [-0.39, 0.29) is 16.7 Å². The highest BCUT2D eigenvalue weighted by Crippen LogP contribution is 2.26. The van der Waals surface area contributed by atoms with Crippen molar-refractivity contribution in [2.24, 2.45) is 0 Å². The van der Waals surface area contributed by atoms with Gasteiger partial charge in [0.1, 0.15) is 6.54 Å². The number of aromatic nitrogens is 2. The molecule has 0 radical (unpaired) electrons. The second-order valence-corrected chi connectivity index (χ2v) is 3.90. The Morgan fingerprint density at radius 3 is 2.58 bits per heavy atom. The Morgan fingerprint density at radius 2 is 1.95 bits per heavy atom. The number of hydrogen-bond acceptors (Lipinski definition) is 2. The van der Waals surface area contributed by atoms with Crippen molar-refractivity contribution in [3.05, 3.63) is 41.7 Å². The van der Waals surface area contributed by atoms with Gasteiger partial charge in [-0.05, 0) is 0 Å². The number of aliphatic hydroxyl groups is 1. The fraction of sp³-hybridized carbons (Fsp3) is 0.250. The van der Waals surface area contributed by atoms with Gasteiger partial charge in [0.05, 0.1) is 12.8 Å². The van der Waals surface area contributed by atoms with Crippen molar-refractivity contribution in [3.8, 4) is 11.1 Å². The molecule has 0 aliphatic rings. The molecule has 0 unspecified atom stereocenters. The molecule has 1 N–H and O–H groups in total. The summed E-state index contributed by atoms with van der Waals surface area (Å²) in [5, 5.41) is 12.4. The van der Waals surface area contributed by atoms with Crippen LogP contribution in [0.2, 0.25) is 0 Å². The zero-order chi connectivity index (χ0) is 14.0. The summed E-state index contributed by atoms with van der Waals surface area (Å²) in [5.41, 5.74) is -0.0574. The number of nitrogens with zero attached hydrogens (tertiary/aromatic N) is 2. The van der Waals surface area contributed by atoms with Crippen molar-refractivity contribution < 1.29 is 22.7 Å². The second kappa shape index (κ2) is 5.40. The van der Waals surface area contributed by atoms with Crippen LogP contribution in [0.1, 0.15) is 5.56 Å². The van der Waals surface area contributed by atoms with E-state index in [0.29, 0.717) is 0 Å². The summed E-state index contributed by atoms with van der Waals surface area (Å²) < 4.78 is 52.5. The predicted molar refractivity (Wildman–Crippen MR) is 59.5 cm³/mol. The van der Waals surface area contributed by atoms with E-state index in [2.05, 4.69) is 5.10 Å². The Labute approximate surface area is 106 Å². The maximum atomic E-state index is 13.7. The molecule has 102 valence electrons. The molecule has 0 aliphatic heterocycles. The Morgan fingerprint density at radius 1 is 1.21 bits per heavy atom. The molecule has 1 aromatic carbocycles. The minimum Gasteiger partial charge on any atom is -0.392 e. The highest BCUT2D eigenvalue weighted by Gasteiger charge is 2.16. The second-order valence-electron chi connectivity index (χ2n) is 3.90. The maximum absolute atomic E-state index is 13.7. The molecule has 1 heterocycles. The van der Waals surface area contributed by atoms with E-state index in [1.165, 1.54) is 24.5 Å². The quantitative estimate of drug-likeness (QED) is 0.870. The van der Waals surface area contributed by atoms with Crippen LogP contribution in [0.3, 0.4) is 0 Å². The highest BCUT2D eigenvalue weighted by atomic mass is 19.3. The fourth-order valence-corrected chi connectivity index (χ4v) is 1.68. The van der Waals surface area contributed by atoms with Crippen LogP contribution in [0.25, 0.3) is 11.1 Å². The van der Waals surface area contributed by atoms with Gasteiger partial charge in [0.2, 0.25) is 0 Å². The van der Waals surface area contributed by atoms with Crippen molar-refractivity contribution in [2.45, 2.75) is 19.6 Å². The first kappa shape index (κ1) is 13.5. The van der Waals surface area contributed by atoms with Crippen molar-refractivity contribution in [2.75, 3.05) is 0 Å². The van der Waals surface area contributed by atoms with Crippen LogP contribution in [0.5, 0.6) is 0 Å². The number of alkyl halides is 2. The van der Waals surface area contributed by atoms with E-state index in [0.717, 1.165) is 4.68 Å². The molecule has 0 amide bonds. The number of rotatable bonds is 4. The molecular weight excluding hydrogens is 264 g/mol. The van der Waals surface area contributed by atoms with Crippen LogP contribution in [-0.2, 0) is 13.2 Å². The largest absolute Gasteiger partial charge is 0.392 e. The van der Waals surface area contributed by atoms with Crippen molar-refractivity contribution in [1.82, 2.24) is 9.78 Å². The van der Waals surface area contributed by atoms with Crippen molar-refractivity contribution in [3.63, 3.8) is 0 Å². The first-order valence-corrected chi connectivity index (χ1v) is 5.41. The summed E-state index contributed by atoms with van der Waals surface area (Å²) in [4.78, 5) is 0. The number of benzene rings is 1. The third-order valence-electron chi connectivity index (χ3n) is 2.60. The van der Waals surface area contributed by atoms with Crippen LogP contribution in [0.15, 0.2) is 24.5 Å². The van der Waals surface area contributed by atoms with Gasteiger partial charge in [-0.2, -0.15) is 5.10 Å². The maximum Gasteiger partial charge on any atom is 0.257 e. The summed E-state index contributed by atoms with van der Waals surface area (Å²) >= 11 is 0. The van der Waals surface area contributed by atoms with Crippen LogP contribution in [0.4, 0.5) is 17.6 Å². The van der Waals surface area contributed by atoms with E-state index >= 15 is 0 Å². The predicted octanol–water partition coefficient (Wildman–Crippen LogP) is 2.59. The first-order chi connectivity index (χ1) is 9.02. The summed E-state index contributed by atoms with van der Waals surface area (Å²) in [6.45, 7) is -1.23. The molecule has 3 nitrogen and oxygen atoms in total. The van der Waals surface area contributed by atoms with E-state index < -0.39 is 31.2 Å². The van der Waals surface area contributed by atoms with Crippen molar-refractivity contribution in [1.29, 1.82) is 0 Å². The van der Waals surface area contributed by atoms with E-state index in [4.69, 9.17) is 5.11 Å². The lowest BCUT2D eigenvalue weighted by molar-refractivity contribution is 0.122. The minimum absolute atomic E-state index is 0.0878. The molecule has 0 fully saturated rings. The van der Waals surface area contributed by atoms with Gasteiger partial charge in [-0.1, -0.05) is 12.1 Å². The third kappa shape index (κ3) is 2.76. The summed E-state index contributed by atoms with van der Waals surface area (Å²) in [6.07, 6.45) is -0.187. The molecule has 0 aliphatic carbocycles. The lowest BCUT2D eigenvalue weighted by Gasteiger charge is -2.05. The fourth-order valence-electron chi connectivity index (χ4n) is 1.68. The molecule has 0 saturated carbocycles. The van der Waals surface area contributed by atoms with Crippen LogP contribution < -0.4 is 0 Å². The average Bonchev–Trinajstić information content (AvgIpc) is 2.80. The van der Waals surface area contributed by atoms with E-state index in [9.17, 15) is 17.6 Å². The minimum atomic E-state index is -2.58. The topological polar surface area (TPSA) is 38.1 Å². The van der Waals surface area contributed by atoms with Gasteiger partial charge >= 0.3 is 0 Å². The number of hydrogen-bond donors (Lipinski definition) is 1. The molecule has 19 heavy (non-hydrogen) atoms. The van der Waals surface area contributed by atoms with Crippen LogP contribution in [0, 0.1) is 11.6 Å². The molecular formula is C12H10F4N2O. The van der Waals surface area contributed by atoms with Gasteiger partial charge in [0.15, 0.2) is 11.6 Å². The highest BCUT2D eigenvalue weighted by molar-refractivity contribution is 5.63. The monoisotopic (exact) mass is 274 g/mol. The van der Waals surface area contributed by atoms with Crippen molar-refractivity contribution >= 4 is 0 Å². The van der Waals surface area contributed by atoms with Gasteiger partial charge in [-0.15, -0.1) is 0 Å². The SMILES string of the molecule is OCc1ccc(-c2cnn(CC(F)F)c2)c(F)c1F. The number of aliphatic hydroxyl groups excluding tert-OH is 1. The van der Waals surface area contributed by atoms with Gasteiger partial charge in [0.25, 0.3) is 6.43 Å². The zero-order valence-electron chi connectivity index (χ0n) is 9.65. The third-order valence-corrected chi connectivity index (χ3v) is 2.60. The van der Waals surface area contributed by atoms with Gasteiger partial charge in [0, 0.05) is 22.9 Å². The Kier molecular flexibility index (Phi) is 3.84. The normalized spacial score (nSPS) is 11.3. The van der Waals surface area contributed by atoms with Gasteiger partial charge in [-0.25, -0.2) is 17.6 Å². The molecule has 7 heteroatoms. The van der Waals surface area contributed by atoms with E-state index in [1.54, 1.807) is 0 Å². The molecule has 0 spiro atoms. The summed E-state index contributed by atoms with van der Waals surface area (Å²) in [7, 11) is 0. The van der Waals surface area contributed by atoms with Crippen LogP contribution >= 0.6 is 0 Å². The Hall–Kier alpha value is -1.89. The molecule has 0 atom stereocenters. The first-order valence-electron chi connectivity index (χ1n) is 5.41. The van der Waals surface area contributed by atoms with E-state index in [1.807, 2.05) is 0 Å². The number of halogens is 4. The van der Waals surface area contributed by atoms with Crippen LogP contribution in [-0.4, -0.2) is 21.3 Å². The Balaban J connectivity index is 2.37. The summed E-state index contributed by atoms with van der Waals surface area (Å²) in [5.74, 6) is -2.29. The lowest BCUT2D eigenvalue weighted by atomic mass is 10.1. The Bertz CT molecular complexity index is 583. The molecule has 0 bridgehead atoms. The molecule has 2 rings (SSSR count). The summed E-state index contributed by atoms with van der Waals surface area (Å²) in [6, 6.07) is 2.51.